The predicted molar refractivity (Wildman–Crippen MR) is 80.1 cm³/mol. The Kier molecular flexibility index (Phi) is 5.93. The second kappa shape index (κ2) is 7.45. The van der Waals surface area contributed by atoms with Gasteiger partial charge in [0, 0.05) is 30.5 Å². The predicted octanol–water partition coefficient (Wildman–Crippen LogP) is 2.78. The van der Waals surface area contributed by atoms with E-state index in [0.717, 1.165) is 16.7 Å². The van der Waals surface area contributed by atoms with Gasteiger partial charge in [0.1, 0.15) is 0 Å². The second-order valence-electron chi connectivity index (χ2n) is 4.23. The molecule has 0 saturated carbocycles. The van der Waals surface area contributed by atoms with Crippen molar-refractivity contribution in [3.8, 4) is 5.88 Å². The normalized spacial score (nSPS) is 11.1. The van der Waals surface area contributed by atoms with Gasteiger partial charge in [-0.2, -0.15) is 0 Å². The first-order valence-electron chi connectivity index (χ1n) is 6.05. The molecule has 0 amide bonds. The average Bonchev–Trinajstić information content (AvgIpc) is 2.45. The lowest BCUT2D eigenvalue weighted by Gasteiger charge is -2.11. The number of allylic oxidation sites excluding steroid dienone is 1. The van der Waals surface area contributed by atoms with Crippen LogP contribution in [-0.2, 0) is 9.47 Å². The van der Waals surface area contributed by atoms with E-state index in [1.165, 1.54) is 7.11 Å². The van der Waals surface area contributed by atoms with Crippen molar-refractivity contribution in [3.63, 3.8) is 0 Å². The van der Waals surface area contributed by atoms with Crippen LogP contribution in [0.2, 0.25) is 0 Å². The molecule has 1 aromatic rings. The number of aromatic nitrogens is 1. The van der Waals surface area contributed by atoms with Crippen molar-refractivity contribution in [1.29, 1.82) is 5.41 Å². The summed E-state index contributed by atoms with van der Waals surface area (Å²) in [6.07, 6.45) is 3.53. The van der Waals surface area contributed by atoms with Gasteiger partial charge in [-0.05, 0) is 24.1 Å². The van der Waals surface area contributed by atoms with Crippen molar-refractivity contribution in [1.82, 2.24) is 4.98 Å². The second-order valence-corrected chi connectivity index (χ2v) is 4.23. The number of nitrogens with zero attached hydrogens (tertiary/aromatic N) is 1. The molecule has 1 rings (SSSR count). The fraction of sp³-hybridized carbons (Fsp3) is 0.333. The summed E-state index contributed by atoms with van der Waals surface area (Å²) < 4.78 is 15.2. The Morgan fingerprint density at radius 2 is 2.10 bits per heavy atom. The van der Waals surface area contributed by atoms with Crippen LogP contribution in [0.25, 0.3) is 11.6 Å². The molecule has 0 bridgehead atoms. The molecular formula is C15H20N2O3. The summed E-state index contributed by atoms with van der Waals surface area (Å²) in [7, 11) is 4.59. The molecule has 5 heteroatoms. The Labute approximate surface area is 119 Å². The van der Waals surface area contributed by atoms with Gasteiger partial charge in [0.25, 0.3) is 0 Å². The van der Waals surface area contributed by atoms with Gasteiger partial charge in [-0.15, -0.1) is 0 Å². The highest BCUT2D eigenvalue weighted by Crippen LogP contribution is 2.23. The lowest BCUT2D eigenvalue weighted by Crippen LogP contribution is -2.09. The van der Waals surface area contributed by atoms with Gasteiger partial charge >= 0.3 is 0 Å². The van der Waals surface area contributed by atoms with Gasteiger partial charge in [-0.3, -0.25) is 5.41 Å². The van der Waals surface area contributed by atoms with Crippen molar-refractivity contribution in [2.75, 3.05) is 27.9 Å². The number of hydrogen-bond acceptors (Lipinski definition) is 5. The maximum atomic E-state index is 7.78. The number of methoxy groups -OCH3 is 3. The van der Waals surface area contributed by atoms with Crippen molar-refractivity contribution in [3.05, 3.63) is 35.5 Å². The Bertz CT molecular complexity index is 536. The minimum atomic E-state index is 0.0651. The summed E-state index contributed by atoms with van der Waals surface area (Å²) in [5.74, 6) is 0.567. The summed E-state index contributed by atoms with van der Waals surface area (Å²) in [6.45, 7) is 6.12. The SMILES string of the molecule is C=C(C)c1cnc(OC)cc1/C=C(/COC)C(=N)OC. The number of nitrogens with one attached hydrogen (secondary N) is 1. The number of ether oxygens (including phenoxy) is 3. The zero-order valence-corrected chi connectivity index (χ0v) is 12.3. The Morgan fingerprint density at radius 1 is 1.40 bits per heavy atom. The van der Waals surface area contributed by atoms with Crippen LogP contribution in [-0.4, -0.2) is 38.8 Å². The highest BCUT2D eigenvalue weighted by atomic mass is 16.5. The van der Waals surface area contributed by atoms with E-state index in [-0.39, 0.29) is 12.5 Å². The van der Waals surface area contributed by atoms with E-state index in [2.05, 4.69) is 11.6 Å². The standard InChI is InChI=1S/C15H20N2O3/c1-10(2)13-8-17-14(19-4)7-11(13)6-12(9-18-3)15(16)20-5/h6-8,16H,1,9H2,2-5H3/b12-6-,16-15?. The molecule has 0 aliphatic carbocycles. The van der Waals surface area contributed by atoms with Gasteiger partial charge in [-0.25, -0.2) is 4.98 Å². The minimum Gasteiger partial charge on any atom is -0.481 e. The highest BCUT2D eigenvalue weighted by Gasteiger charge is 2.10. The molecule has 5 nitrogen and oxygen atoms in total. The van der Waals surface area contributed by atoms with Crippen LogP contribution < -0.4 is 4.74 Å². The van der Waals surface area contributed by atoms with Crippen LogP contribution in [0.5, 0.6) is 5.88 Å². The van der Waals surface area contributed by atoms with Crippen LogP contribution in [0.15, 0.2) is 24.4 Å². The largest absolute Gasteiger partial charge is 0.481 e. The molecule has 0 aromatic carbocycles. The molecule has 20 heavy (non-hydrogen) atoms. The van der Waals surface area contributed by atoms with Crippen LogP contribution in [0.4, 0.5) is 0 Å². The van der Waals surface area contributed by atoms with Crippen molar-refractivity contribution < 1.29 is 14.2 Å². The number of rotatable bonds is 6. The summed E-state index contributed by atoms with van der Waals surface area (Å²) in [6, 6.07) is 1.79. The van der Waals surface area contributed by atoms with Crippen molar-refractivity contribution in [2.45, 2.75) is 6.92 Å². The summed E-state index contributed by atoms with van der Waals surface area (Å²) in [5, 5.41) is 7.78. The van der Waals surface area contributed by atoms with Crippen LogP contribution in [0.1, 0.15) is 18.1 Å². The topological polar surface area (TPSA) is 64.4 Å². The monoisotopic (exact) mass is 276 g/mol. The third-order valence-electron chi connectivity index (χ3n) is 2.71. The summed E-state index contributed by atoms with van der Waals surface area (Å²) in [5.41, 5.74) is 3.26. The maximum absolute atomic E-state index is 7.78. The third-order valence-corrected chi connectivity index (χ3v) is 2.71. The lowest BCUT2D eigenvalue weighted by molar-refractivity contribution is 0.227. The van der Waals surface area contributed by atoms with E-state index in [4.69, 9.17) is 19.6 Å². The van der Waals surface area contributed by atoms with Crippen molar-refractivity contribution >= 4 is 17.5 Å². The Morgan fingerprint density at radius 3 is 2.60 bits per heavy atom. The first kappa shape index (κ1) is 15.9. The summed E-state index contributed by atoms with van der Waals surface area (Å²) >= 11 is 0. The van der Waals surface area contributed by atoms with E-state index in [1.807, 2.05) is 13.0 Å². The molecule has 0 radical (unpaired) electrons. The third kappa shape index (κ3) is 3.93. The number of hydrogen-bond donors (Lipinski definition) is 1. The lowest BCUT2D eigenvalue weighted by atomic mass is 10.0. The van der Waals surface area contributed by atoms with Crippen LogP contribution in [0.3, 0.4) is 0 Å². The first-order chi connectivity index (χ1) is 9.53. The molecular weight excluding hydrogens is 256 g/mol. The fourth-order valence-corrected chi connectivity index (χ4v) is 1.69. The van der Waals surface area contributed by atoms with Gasteiger partial charge in [-0.1, -0.05) is 6.58 Å². The van der Waals surface area contributed by atoms with Crippen LogP contribution >= 0.6 is 0 Å². The number of pyridine rings is 1. The molecule has 1 aromatic heterocycles. The van der Waals surface area contributed by atoms with E-state index in [1.54, 1.807) is 26.5 Å². The Balaban J connectivity index is 3.33. The van der Waals surface area contributed by atoms with Gasteiger partial charge in [0.15, 0.2) is 0 Å². The van der Waals surface area contributed by atoms with E-state index < -0.39 is 0 Å². The highest BCUT2D eigenvalue weighted by molar-refractivity contribution is 5.96. The molecule has 0 aliphatic heterocycles. The zero-order valence-electron chi connectivity index (χ0n) is 12.3. The van der Waals surface area contributed by atoms with E-state index in [9.17, 15) is 0 Å². The first-order valence-corrected chi connectivity index (χ1v) is 6.05. The molecule has 108 valence electrons. The molecule has 0 unspecified atom stereocenters. The molecule has 0 atom stereocenters. The van der Waals surface area contributed by atoms with Crippen molar-refractivity contribution in [2.24, 2.45) is 0 Å². The molecule has 0 aliphatic rings. The fourth-order valence-electron chi connectivity index (χ4n) is 1.69. The smallest absolute Gasteiger partial charge is 0.213 e. The van der Waals surface area contributed by atoms with Gasteiger partial charge < -0.3 is 14.2 Å². The van der Waals surface area contributed by atoms with Gasteiger partial charge in [0.05, 0.1) is 20.8 Å². The molecule has 0 saturated heterocycles. The molecule has 0 fully saturated rings. The molecule has 1 heterocycles. The van der Waals surface area contributed by atoms with E-state index >= 15 is 0 Å². The average molecular weight is 276 g/mol. The molecule has 0 spiro atoms. The van der Waals surface area contributed by atoms with Crippen LogP contribution in [0, 0.1) is 5.41 Å². The van der Waals surface area contributed by atoms with E-state index in [0.29, 0.717) is 11.5 Å². The van der Waals surface area contributed by atoms with Gasteiger partial charge in [0.2, 0.25) is 11.8 Å². The summed E-state index contributed by atoms with van der Waals surface area (Å²) in [4.78, 5) is 4.17. The molecule has 1 N–H and O–H groups in total. The zero-order chi connectivity index (χ0) is 15.1. The Hall–Kier alpha value is -2.14. The maximum Gasteiger partial charge on any atom is 0.213 e. The minimum absolute atomic E-state index is 0.0651. The quantitative estimate of drug-likeness (QED) is 0.641.